The molecule has 0 aliphatic heterocycles. The lowest BCUT2D eigenvalue weighted by Gasteiger charge is -2.13. The van der Waals surface area contributed by atoms with Gasteiger partial charge >= 0.3 is 0 Å². The molecule has 0 bridgehead atoms. The van der Waals surface area contributed by atoms with Gasteiger partial charge in [-0.05, 0) is 40.8 Å². The number of rotatable bonds is 5. The van der Waals surface area contributed by atoms with Crippen LogP contribution in [0.4, 0.5) is 0 Å². The van der Waals surface area contributed by atoms with Crippen LogP contribution in [0.5, 0.6) is 0 Å². The van der Waals surface area contributed by atoms with Crippen LogP contribution in [0.1, 0.15) is 17.2 Å². The molecule has 1 aromatic heterocycles. The molecule has 124 valence electrons. The SMILES string of the molecule is Cn1ccc2cc(C(O)CNC(=O)Cc3ccccc3Cl)ccc21. The molecule has 0 saturated heterocycles. The minimum Gasteiger partial charge on any atom is -0.387 e. The maximum atomic E-state index is 12.0. The summed E-state index contributed by atoms with van der Waals surface area (Å²) in [5, 5.41) is 14.7. The van der Waals surface area contributed by atoms with Crippen molar-refractivity contribution < 1.29 is 9.90 Å². The van der Waals surface area contributed by atoms with Crippen LogP contribution in [-0.2, 0) is 18.3 Å². The molecule has 4 nitrogen and oxygen atoms in total. The molecule has 1 amide bonds. The highest BCUT2D eigenvalue weighted by molar-refractivity contribution is 6.31. The second-order valence-corrected chi connectivity index (χ2v) is 6.24. The summed E-state index contributed by atoms with van der Waals surface area (Å²) in [6.45, 7) is 0.168. The van der Waals surface area contributed by atoms with E-state index in [2.05, 4.69) is 5.32 Å². The average Bonchev–Trinajstić information content (AvgIpc) is 2.95. The van der Waals surface area contributed by atoms with Crippen LogP contribution in [0.25, 0.3) is 10.9 Å². The van der Waals surface area contributed by atoms with Crippen molar-refractivity contribution in [3.8, 4) is 0 Å². The van der Waals surface area contributed by atoms with Crippen LogP contribution in [-0.4, -0.2) is 22.1 Å². The summed E-state index contributed by atoms with van der Waals surface area (Å²) >= 11 is 6.05. The van der Waals surface area contributed by atoms with Gasteiger partial charge in [0.05, 0.1) is 12.5 Å². The molecule has 0 aliphatic carbocycles. The van der Waals surface area contributed by atoms with Crippen molar-refractivity contribution >= 4 is 28.4 Å². The highest BCUT2D eigenvalue weighted by Crippen LogP contribution is 2.21. The Labute approximate surface area is 145 Å². The number of aliphatic hydroxyl groups is 1. The number of carbonyl (C=O) groups excluding carboxylic acids is 1. The summed E-state index contributed by atoms with van der Waals surface area (Å²) in [4.78, 5) is 12.0. The lowest BCUT2D eigenvalue weighted by Crippen LogP contribution is -2.29. The van der Waals surface area contributed by atoms with Crippen LogP contribution in [0.3, 0.4) is 0 Å². The molecule has 3 rings (SSSR count). The van der Waals surface area contributed by atoms with E-state index in [1.54, 1.807) is 6.07 Å². The van der Waals surface area contributed by atoms with Gasteiger partial charge in [-0.1, -0.05) is 35.9 Å². The van der Waals surface area contributed by atoms with E-state index < -0.39 is 6.10 Å². The molecule has 1 unspecified atom stereocenters. The zero-order valence-electron chi connectivity index (χ0n) is 13.4. The maximum absolute atomic E-state index is 12.0. The van der Waals surface area contributed by atoms with Crippen molar-refractivity contribution in [2.75, 3.05) is 6.54 Å². The predicted molar refractivity (Wildman–Crippen MR) is 96.0 cm³/mol. The minimum atomic E-state index is -0.746. The van der Waals surface area contributed by atoms with Crippen LogP contribution in [0, 0.1) is 0 Å². The molecule has 0 aliphatic rings. The topological polar surface area (TPSA) is 54.3 Å². The third-order valence-corrected chi connectivity index (χ3v) is 4.46. The Morgan fingerprint density at radius 3 is 2.83 bits per heavy atom. The molecule has 0 fully saturated rings. The van der Waals surface area contributed by atoms with Crippen LogP contribution in [0.15, 0.2) is 54.7 Å². The fourth-order valence-corrected chi connectivity index (χ4v) is 2.92. The van der Waals surface area contributed by atoms with E-state index in [1.807, 2.05) is 60.3 Å². The summed E-state index contributed by atoms with van der Waals surface area (Å²) in [6.07, 6.45) is 1.43. The molecule has 0 radical (unpaired) electrons. The van der Waals surface area contributed by atoms with Crippen molar-refractivity contribution in [1.29, 1.82) is 0 Å². The minimum absolute atomic E-state index is 0.164. The summed E-state index contributed by atoms with van der Waals surface area (Å²) in [5.74, 6) is -0.164. The van der Waals surface area contributed by atoms with Gasteiger partial charge in [-0.25, -0.2) is 0 Å². The fraction of sp³-hybridized carbons (Fsp3) is 0.211. The van der Waals surface area contributed by atoms with Gasteiger partial charge in [0.25, 0.3) is 0 Å². The first-order valence-corrected chi connectivity index (χ1v) is 8.15. The number of nitrogens with one attached hydrogen (secondary N) is 1. The van der Waals surface area contributed by atoms with Crippen molar-refractivity contribution in [1.82, 2.24) is 9.88 Å². The van der Waals surface area contributed by atoms with E-state index in [1.165, 1.54) is 0 Å². The number of fused-ring (bicyclic) bond motifs is 1. The number of hydrogen-bond donors (Lipinski definition) is 2. The van der Waals surface area contributed by atoms with Gasteiger partial charge < -0.3 is 15.0 Å². The molecule has 3 aromatic rings. The third kappa shape index (κ3) is 3.61. The fourth-order valence-electron chi connectivity index (χ4n) is 2.71. The quantitative estimate of drug-likeness (QED) is 0.748. The first-order valence-electron chi connectivity index (χ1n) is 7.78. The van der Waals surface area contributed by atoms with E-state index in [9.17, 15) is 9.90 Å². The number of amides is 1. The molecule has 2 aromatic carbocycles. The highest BCUT2D eigenvalue weighted by Gasteiger charge is 2.12. The second kappa shape index (κ2) is 7.07. The lowest BCUT2D eigenvalue weighted by molar-refractivity contribution is -0.120. The van der Waals surface area contributed by atoms with Gasteiger partial charge in [-0.2, -0.15) is 0 Å². The van der Waals surface area contributed by atoms with Crippen LogP contribution < -0.4 is 5.32 Å². The number of hydrogen-bond acceptors (Lipinski definition) is 2. The first kappa shape index (κ1) is 16.6. The normalized spacial score (nSPS) is 12.3. The smallest absolute Gasteiger partial charge is 0.224 e. The Hall–Kier alpha value is -2.30. The van der Waals surface area contributed by atoms with E-state index in [4.69, 9.17) is 11.6 Å². The van der Waals surface area contributed by atoms with Gasteiger partial charge in [-0.3, -0.25) is 4.79 Å². The van der Waals surface area contributed by atoms with Gasteiger partial charge in [0.2, 0.25) is 5.91 Å². The molecule has 1 atom stereocenters. The number of halogens is 1. The van der Waals surface area contributed by atoms with Crippen LogP contribution in [0.2, 0.25) is 5.02 Å². The Morgan fingerprint density at radius 2 is 2.04 bits per heavy atom. The zero-order valence-corrected chi connectivity index (χ0v) is 14.1. The summed E-state index contributed by atoms with van der Waals surface area (Å²) in [7, 11) is 1.98. The number of nitrogens with zero attached hydrogens (tertiary/aromatic N) is 1. The molecule has 0 saturated carbocycles. The Kier molecular flexibility index (Phi) is 4.88. The molecule has 1 heterocycles. The Morgan fingerprint density at radius 1 is 1.25 bits per heavy atom. The van der Waals surface area contributed by atoms with E-state index >= 15 is 0 Å². The molecular weight excluding hydrogens is 324 g/mol. The molecule has 24 heavy (non-hydrogen) atoms. The number of carbonyl (C=O) groups is 1. The first-order chi connectivity index (χ1) is 11.5. The van der Waals surface area contributed by atoms with Gasteiger partial charge in [0.1, 0.15) is 0 Å². The summed E-state index contributed by atoms with van der Waals surface area (Å²) < 4.78 is 2.02. The van der Waals surface area contributed by atoms with Gasteiger partial charge in [-0.15, -0.1) is 0 Å². The van der Waals surface area contributed by atoms with Crippen molar-refractivity contribution in [2.24, 2.45) is 7.05 Å². The van der Waals surface area contributed by atoms with Crippen LogP contribution >= 0.6 is 11.6 Å². The standard InChI is InChI=1S/C19H19ClN2O2/c1-22-9-8-14-10-15(6-7-17(14)22)18(23)12-21-19(24)11-13-4-2-3-5-16(13)20/h2-10,18,23H,11-12H2,1H3,(H,21,24). The monoisotopic (exact) mass is 342 g/mol. The van der Waals surface area contributed by atoms with E-state index in [0.29, 0.717) is 5.02 Å². The Balaban J connectivity index is 1.60. The van der Waals surface area contributed by atoms with E-state index in [0.717, 1.165) is 22.0 Å². The third-order valence-electron chi connectivity index (χ3n) is 4.10. The van der Waals surface area contributed by atoms with Gasteiger partial charge in [0, 0.05) is 30.3 Å². The highest BCUT2D eigenvalue weighted by atomic mass is 35.5. The van der Waals surface area contributed by atoms with Crippen molar-refractivity contribution in [3.63, 3.8) is 0 Å². The zero-order chi connectivity index (χ0) is 17.1. The molecule has 0 spiro atoms. The largest absolute Gasteiger partial charge is 0.387 e. The maximum Gasteiger partial charge on any atom is 0.224 e. The number of aromatic nitrogens is 1. The van der Waals surface area contributed by atoms with Gasteiger partial charge in [0.15, 0.2) is 0 Å². The van der Waals surface area contributed by atoms with Crippen molar-refractivity contribution in [3.05, 3.63) is 70.9 Å². The lowest BCUT2D eigenvalue weighted by atomic mass is 10.1. The number of aryl methyl sites for hydroxylation is 1. The number of aliphatic hydroxyl groups excluding tert-OH is 1. The molecular formula is C19H19ClN2O2. The summed E-state index contributed by atoms with van der Waals surface area (Å²) in [6, 6.07) is 15.1. The number of benzene rings is 2. The molecule has 2 N–H and O–H groups in total. The Bertz CT molecular complexity index is 873. The van der Waals surface area contributed by atoms with E-state index in [-0.39, 0.29) is 18.9 Å². The van der Waals surface area contributed by atoms with Crippen molar-refractivity contribution in [2.45, 2.75) is 12.5 Å². The summed E-state index contributed by atoms with van der Waals surface area (Å²) in [5.41, 5.74) is 2.66. The average molecular weight is 343 g/mol. The predicted octanol–water partition coefficient (Wildman–Crippen LogP) is 3.22. The second-order valence-electron chi connectivity index (χ2n) is 5.83. The molecule has 5 heteroatoms.